The third kappa shape index (κ3) is 2.66. The standard InChI is InChI=1S/C18H24O3/c1-2-13-6-5-9-18(10-13,17(19)20)11-14-12-21-16-8-4-3-7-15(14)16/h3-4,7-8,13-14H,2,5-6,9-12H2,1H3,(H,19,20). The van der Waals surface area contributed by atoms with Crippen LogP contribution >= 0.6 is 0 Å². The Labute approximate surface area is 126 Å². The molecule has 3 unspecified atom stereocenters. The molecule has 1 heterocycles. The Morgan fingerprint density at radius 2 is 2.24 bits per heavy atom. The molecule has 1 saturated carbocycles. The molecule has 0 bridgehead atoms. The molecule has 1 aliphatic carbocycles. The van der Waals surface area contributed by atoms with E-state index in [0.717, 1.165) is 37.9 Å². The Morgan fingerprint density at radius 3 is 3.00 bits per heavy atom. The van der Waals surface area contributed by atoms with Crippen molar-refractivity contribution in [1.29, 1.82) is 0 Å². The van der Waals surface area contributed by atoms with Crippen LogP contribution in [0.3, 0.4) is 0 Å². The summed E-state index contributed by atoms with van der Waals surface area (Å²) in [7, 11) is 0. The van der Waals surface area contributed by atoms with Gasteiger partial charge in [0.05, 0.1) is 12.0 Å². The number of carboxylic acid groups (broad SMARTS) is 1. The molecule has 3 rings (SSSR count). The highest BCUT2D eigenvalue weighted by atomic mass is 16.5. The van der Waals surface area contributed by atoms with Gasteiger partial charge < -0.3 is 9.84 Å². The van der Waals surface area contributed by atoms with E-state index in [4.69, 9.17) is 4.74 Å². The van der Waals surface area contributed by atoms with Gasteiger partial charge >= 0.3 is 5.97 Å². The van der Waals surface area contributed by atoms with Gasteiger partial charge in [-0.2, -0.15) is 0 Å². The summed E-state index contributed by atoms with van der Waals surface area (Å²) in [5, 5.41) is 9.87. The van der Waals surface area contributed by atoms with Crippen LogP contribution in [0.25, 0.3) is 0 Å². The molecule has 1 N–H and O–H groups in total. The third-order valence-electron chi connectivity index (χ3n) is 5.41. The van der Waals surface area contributed by atoms with Crippen molar-refractivity contribution in [2.24, 2.45) is 11.3 Å². The Balaban J connectivity index is 1.82. The zero-order valence-corrected chi connectivity index (χ0v) is 12.7. The summed E-state index contributed by atoms with van der Waals surface area (Å²) < 4.78 is 5.74. The minimum Gasteiger partial charge on any atom is -0.493 e. The van der Waals surface area contributed by atoms with Gasteiger partial charge in [0.25, 0.3) is 0 Å². The quantitative estimate of drug-likeness (QED) is 0.902. The monoisotopic (exact) mass is 288 g/mol. The highest BCUT2D eigenvalue weighted by molar-refractivity contribution is 5.75. The Bertz CT molecular complexity index is 525. The summed E-state index contributed by atoms with van der Waals surface area (Å²) in [5.41, 5.74) is 0.640. The Morgan fingerprint density at radius 1 is 1.43 bits per heavy atom. The molecule has 3 heteroatoms. The molecule has 0 aromatic heterocycles. The number of rotatable bonds is 4. The fourth-order valence-corrected chi connectivity index (χ4v) is 4.17. The molecule has 2 aliphatic rings. The Kier molecular flexibility index (Phi) is 3.92. The van der Waals surface area contributed by atoms with Gasteiger partial charge in [0.1, 0.15) is 5.75 Å². The number of fused-ring (bicyclic) bond motifs is 1. The summed E-state index contributed by atoms with van der Waals surface area (Å²) in [4.78, 5) is 12.0. The van der Waals surface area contributed by atoms with Crippen molar-refractivity contribution in [2.45, 2.75) is 51.4 Å². The average Bonchev–Trinajstić information content (AvgIpc) is 2.90. The van der Waals surface area contributed by atoms with E-state index in [-0.39, 0.29) is 5.92 Å². The van der Waals surface area contributed by atoms with Crippen LogP contribution in [0.15, 0.2) is 24.3 Å². The molecule has 1 aromatic rings. The number of benzene rings is 1. The van der Waals surface area contributed by atoms with Gasteiger partial charge in [-0.05, 0) is 31.2 Å². The van der Waals surface area contributed by atoms with Crippen molar-refractivity contribution in [3.05, 3.63) is 29.8 Å². The fourth-order valence-electron chi connectivity index (χ4n) is 4.17. The third-order valence-corrected chi connectivity index (χ3v) is 5.41. The molecule has 1 aromatic carbocycles. The van der Waals surface area contributed by atoms with Crippen LogP contribution in [0.5, 0.6) is 5.75 Å². The van der Waals surface area contributed by atoms with Crippen LogP contribution in [-0.4, -0.2) is 17.7 Å². The van der Waals surface area contributed by atoms with Crippen LogP contribution < -0.4 is 4.74 Å². The van der Waals surface area contributed by atoms with Crippen LogP contribution in [0, 0.1) is 11.3 Å². The number of aliphatic carboxylic acids is 1. The summed E-state index contributed by atoms with van der Waals surface area (Å²) in [6.07, 6.45) is 5.68. The molecule has 0 amide bonds. The molecular weight excluding hydrogens is 264 g/mol. The zero-order valence-electron chi connectivity index (χ0n) is 12.7. The average molecular weight is 288 g/mol. The number of ether oxygens (including phenoxy) is 1. The summed E-state index contributed by atoms with van der Waals surface area (Å²) >= 11 is 0. The first-order valence-electron chi connectivity index (χ1n) is 8.10. The topological polar surface area (TPSA) is 46.5 Å². The van der Waals surface area contributed by atoms with E-state index in [1.807, 2.05) is 18.2 Å². The van der Waals surface area contributed by atoms with Crippen LogP contribution in [0.2, 0.25) is 0 Å². The number of hydrogen-bond acceptors (Lipinski definition) is 2. The van der Waals surface area contributed by atoms with E-state index < -0.39 is 11.4 Å². The van der Waals surface area contributed by atoms with Gasteiger partial charge in [-0.25, -0.2) is 0 Å². The zero-order chi connectivity index (χ0) is 14.9. The van der Waals surface area contributed by atoms with Crippen molar-refractivity contribution in [3.63, 3.8) is 0 Å². The first-order chi connectivity index (χ1) is 10.1. The van der Waals surface area contributed by atoms with Crippen molar-refractivity contribution < 1.29 is 14.6 Å². The van der Waals surface area contributed by atoms with E-state index in [9.17, 15) is 9.90 Å². The number of hydrogen-bond donors (Lipinski definition) is 1. The molecular formula is C18H24O3. The molecule has 0 saturated heterocycles. The molecule has 3 nitrogen and oxygen atoms in total. The number of carboxylic acids is 1. The summed E-state index contributed by atoms with van der Waals surface area (Å²) in [5.74, 6) is 1.12. The largest absolute Gasteiger partial charge is 0.493 e. The van der Waals surface area contributed by atoms with E-state index in [1.54, 1.807) is 0 Å². The van der Waals surface area contributed by atoms with Crippen LogP contribution in [0.4, 0.5) is 0 Å². The van der Waals surface area contributed by atoms with Crippen molar-refractivity contribution >= 4 is 5.97 Å². The maximum Gasteiger partial charge on any atom is 0.309 e. The highest BCUT2D eigenvalue weighted by Crippen LogP contribution is 2.49. The van der Waals surface area contributed by atoms with Crippen molar-refractivity contribution in [1.82, 2.24) is 0 Å². The van der Waals surface area contributed by atoms with Gasteiger partial charge in [0.2, 0.25) is 0 Å². The van der Waals surface area contributed by atoms with E-state index in [0.29, 0.717) is 12.5 Å². The minimum atomic E-state index is -0.606. The van der Waals surface area contributed by atoms with Crippen molar-refractivity contribution in [2.75, 3.05) is 6.61 Å². The minimum absolute atomic E-state index is 0.230. The second kappa shape index (κ2) is 5.70. The number of carbonyl (C=O) groups is 1. The molecule has 1 fully saturated rings. The lowest BCUT2D eigenvalue weighted by atomic mass is 9.64. The van der Waals surface area contributed by atoms with Gasteiger partial charge in [0.15, 0.2) is 0 Å². The van der Waals surface area contributed by atoms with Crippen LogP contribution in [0.1, 0.15) is 56.9 Å². The summed E-state index contributed by atoms with van der Waals surface area (Å²) in [6.45, 7) is 2.81. The molecule has 0 radical (unpaired) electrons. The van der Waals surface area contributed by atoms with E-state index in [2.05, 4.69) is 13.0 Å². The lowest BCUT2D eigenvalue weighted by Gasteiger charge is -2.38. The second-order valence-electron chi connectivity index (χ2n) is 6.71. The van der Waals surface area contributed by atoms with Gasteiger partial charge in [-0.15, -0.1) is 0 Å². The predicted octanol–water partition coefficient (Wildman–Crippen LogP) is 4.22. The maximum absolute atomic E-state index is 12.0. The van der Waals surface area contributed by atoms with Crippen molar-refractivity contribution in [3.8, 4) is 5.75 Å². The van der Waals surface area contributed by atoms with Gasteiger partial charge in [-0.1, -0.05) is 44.4 Å². The smallest absolute Gasteiger partial charge is 0.309 e. The van der Waals surface area contributed by atoms with Gasteiger partial charge in [-0.3, -0.25) is 4.79 Å². The van der Waals surface area contributed by atoms with E-state index >= 15 is 0 Å². The molecule has 1 aliphatic heterocycles. The molecule has 21 heavy (non-hydrogen) atoms. The highest BCUT2D eigenvalue weighted by Gasteiger charge is 2.45. The maximum atomic E-state index is 12.0. The van der Waals surface area contributed by atoms with Crippen LogP contribution in [-0.2, 0) is 4.79 Å². The summed E-state index contributed by atoms with van der Waals surface area (Å²) in [6, 6.07) is 8.06. The SMILES string of the molecule is CCC1CCCC(CC2COc3ccccc32)(C(=O)O)C1. The lowest BCUT2D eigenvalue weighted by Crippen LogP contribution is -2.38. The first-order valence-corrected chi connectivity index (χ1v) is 8.10. The normalized spacial score (nSPS) is 31.5. The first kappa shape index (κ1) is 14.4. The fraction of sp³-hybridized carbons (Fsp3) is 0.611. The molecule has 3 atom stereocenters. The second-order valence-corrected chi connectivity index (χ2v) is 6.71. The molecule has 0 spiro atoms. The molecule has 114 valence electrons. The van der Waals surface area contributed by atoms with E-state index in [1.165, 1.54) is 12.0 Å². The predicted molar refractivity (Wildman–Crippen MR) is 81.6 cm³/mol. The number of para-hydroxylation sites is 1. The lowest BCUT2D eigenvalue weighted by molar-refractivity contribution is -0.153. The Hall–Kier alpha value is -1.51. The van der Waals surface area contributed by atoms with Gasteiger partial charge in [0, 0.05) is 11.5 Å².